The molecule has 0 spiro atoms. The molecule has 1 heterocycles. The molecule has 0 radical (unpaired) electrons. The highest BCUT2D eigenvalue weighted by atomic mass is 32.2. The predicted molar refractivity (Wildman–Crippen MR) is 127 cm³/mol. The van der Waals surface area contributed by atoms with Gasteiger partial charge in [-0.3, -0.25) is 10.0 Å². The van der Waals surface area contributed by atoms with Crippen LogP contribution in [0.3, 0.4) is 0 Å². The van der Waals surface area contributed by atoms with Crippen molar-refractivity contribution in [1.82, 2.24) is 5.48 Å². The number of carbonyl (C=O) groups excluding carboxylic acids is 1. The third-order valence-corrected chi connectivity index (χ3v) is 8.74. The summed E-state index contributed by atoms with van der Waals surface area (Å²) in [6.45, 7) is 0.583. The molecule has 3 aromatic rings. The number of hydrogen-bond donors (Lipinski definition) is 2. The van der Waals surface area contributed by atoms with E-state index >= 15 is 0 Å². The summed E-state index contributed by atoms with van der Waals surface area (Å²) >= 11 is 0. The summed E-state index contributed by atoms with van der Waals surface area (Å²) in [7, 11) is -4.08. The number of ether oxygens (including phenoxy) is 2. The first-order valence-corrected chi connectivity index (χ1v) is 12.7. The summed E-state index contributed by atoms with van der Waals surface area (Å²) in [6, 6.07) is 20.1. The van der Waals surface area contributed by atoms with Gasteiger partial charge in [-0.05, 0) is 65.9 Å². The number of amides is 1. The molecule has 0 atom stereocenters. The Balaban J connectivity index is 1.41. The molecule has 4 rings (SSSR count). The Hall–Kier alpha value is -3.27. The molecule has 1 amide bonds. The van der Waals surface area contributed by atoms with Gasteiger partial charge in [-0.2, -0.15) is 0 Å². The van der Waals surface area contributed by atoms with Crippen LogP contribution in [0, 0.1) is 5.82 Å². The SMILES string of the molecule is O=C(NO)C1(S(=O)(=O)c2ccc(OCCc3cccc(-c4ccc(F)cc4)c3)cc2)CCOCC1. The molecular weight excluding hydrogens is 473 g/mol. The molecule has 0 saturated carbocycles. The molecule has 35 heavy (non-hydrogen) atoms. The highest BCUT2D eigenvalue weighted by molar-refractivity contribution is 7.93. The van der Waals surface area contributed by atoms with Crippen molar-refractivity contribution in [2.45, 2.75) is 28.9 Å². The number of hydrogen-bond acceptors (Lipinski definition) is 6. The lowest BCUT2D eigenvalue weighted by molar-refractivity contribution is -0.134. The van der Waals surface area contributed by atoms with Crippen LogP contribution in [0.4, 0.5) is 4.39 Å². The number of benzene rings is 3. The van der Waals surface area contributed by atoms with Gasteiger partial charge in [0, 0.05) is 19.6 Å². The van der Waals surface area contributed by atoms with Gasteiger partial charge in [0.25, 0.3) is 5.91 Å². The van der Waals surface area contributed by atoms with Crippen molar-refractivity contribution in [1.29, 1.82) is 0 Å². The van der Waals surface area contributed by atoms with Gasteiger partial charge in [-0.15, -0.1) is 0 Å². The lowest BCUT2D eigenvalue weighted by Crippen LogP contribution is -2.54. The van der Waals surface area contributed by atoms with Crippen LogP contribution in [0.25, 0.3) is 11.1 Å². The van der Waals surface area contributed by atoms with E-state index in [0.717, 1.165) is 16.7 Å². The number of sulfone groups is 1. The number of halogens is 1. The Morgan fingerprint density at radius 3 is 2.34 bits per heavy atom. The van der Waals surface area contributed by atoms with E-state index in [1.807, 2.05) is 24.3 Å². The average Bonchev–Trinajstić information content (AvgIpc) is 2.89. The monoisotopic (exact) mass is 499 g/mol. The van der Waals surface area contributed by atoms with Gasteiger partial charge >= 0.3 is 0 Å². The first-order chi connectivity index (χ1) is 16.9. The fourth-order valence-electron chi connectivity index (χ4n) is 4.20. The minimum Gasteiger partial charge on any atom is -0.493 e. The van der Waals surface area contributed by atoms with Crippen LogP contribution in [0.5, 0.6) is 5.75 Å². The quantitative estimate of drug-likeness (QED) is 0.360. The Bertz CT molecular complexity index is 1270. The van der Waals surface area contributed by atoms with Gasteiger partial charge < -0.3 is 9.47 Å². The second kappa shape index (κ2) is 10.6. The smallest absolute Gasteiger partial charge is 0.265 e. The van der Waals surface area contributed by atoms with E-state index in [9.17, 15) is 17.6 Å². The van der Waals surface area contributed by atoms with Crippen LogP contribution in [0.1, 0.15) is 18.4 Å². The van der Waals surface area contributed by atoms with Crippen LogP contribution in [0.15, 0.2) is 77.7 Å². The van der Waals surface area contributed by atoms with Gasteiger partial charge in [0.05, 0.1) is 11.5 Å². The molecule has 3 aromatic carbocycles. The topological polar surface area (TPSA) is 102 Å². The number of nitrogens with one attached hydrogen (secondary N) is 1. The van der Waals surface area contributed by atoms with Crippen molar-refractivity contribution in [3.8, 4) is 16.9 Å². The maximum atomic E-state index is 13.3. The van der Waals surface area contributed by atoms with Crippen LogP contribution in [-0.4, -0.2) is 44.1 Å². The van der Waals surface area contributed by atoms with Gasteiger partial charge in [-0.1, -0.05) is 36.4 Å². The van der Waals surface area contributed by atoms with E-state index in [0.29, 0.717) is 18.8 Å². The number of carbonyl (C=O) groups is 1. The van der Waals surface area contributed by atoms with E-state index in [1.54, 1.807) is 24.3 Å². The summed E-state index contributed by atoms with van der Waals surface area (Å²) in [5.74, 6) is -0.744. The van der Waals surface area contributed by atoms with Crippen molar-refractivity contribution in [2.24, 2.45) is 0 Å². The lowest BCUT2D eigenvalue weighted by atomic mass is 9.98. The molecule has 1 aliphatic rings. The fourth-order valence-corrected chi connectivity index (χ4v) is 6.14. The van der Waals surface area contributed by atoms with Gasteiger partial charge in [-0.25, -0.2) is 18.3 Å². The molecule has 1 aliphatic heterocycles. The average molecular weight is 500 g/mol. The normalized spacial score (nSPS) is 15.4. The van der Waals surface area contributed by atoms with Gasteiger partial charge in [0.2, 0.25) is 0 Å². The predicted octanol–water partition coefficient (Wildman–Crippen LogP) is 3.94. The van der Waals surface area contributed by atoms with E-state index in [2.05, 4.69) is 0 Å². The Morgan fingerprint density at radius 1 is 1.00 bits per heavy atom. The molecule has 2 N–H and O–H groups in total. The summed E-state index contributed by atoms with van der Waals surface area (Å²) in [5, 5.41) is 9.15. The molecule has 1 saturated heterocycles. The summed E-state index contributed by atoms with van der Waals surface area (Å²) in [6.07, 6.45) is 0.531. The molecule has 0 aliphatic carbocycles. The third-order valence-electron chi connectivity index (χ3n) is 6.23. The molecular formula is C26H26FNO6S. The molecule has 0 unspecified atom stereocenters. The summed E-state index contributed by atoms with van der Waals surface area (Å²) in [5.41, 5.74) is 4.45. The van der Waals surface area contributed by atoms with Crippen molar-refractivity contribution < 1.29 is 32.3 Å². The van der Waals surface area contributed by atoms with Crippen molar-refractivity contribution in [3.63, 3.8) is 0 Å². The van der Waals surface area contributed by atoms with Gasteiger partial charge in [0.1, 0.15) is 11.6 Å². The Labute approximate surface area is 203 Å². The van der Waals surface area contributed by atoms with Crippen molar-refractivity contribution >= 4 is 15.7 Å². The molecule has 1 fully saturated rings. The highest BCUT2D eigenvalue weighted by Gasteiger charge is 2.52. The largest absolute Gasteiger partial charge is 0.493 e. The molecule has 9 heteroatoms. The minimum atomic E-state index is -4.08. The first kappa shape index (κ1) is 24.8. The second-order valence-electron chi connectivity index (χ2n) is 8.33. The second-order valence-corrected chi connectivity index (χ2v) is 10.6. The van der Waals surface area contributed by atoms with Crippen LogP contribution >= 0.6 is 0 Å². The zero-order chi connectivity index (χ0) is 24.9. The molecule has 0 aromatic heterocycles. The van der Waals surface area contributed by atoms with Gasteiger partial charge in [0.15, 0.2) is 14.6 Å². The standard InChI is InChI=1S/C26H26FNO6S/c27-22-6-4-20(5-7-22)21-3-1-2-19(18-21)12-15-34-23-8-10-24(11-9-23)35(31,32)26(25(29)28-30)13-16-33-17-14-26/h1-11,18,30H,12-17H2,(H,28,29). The molecule has 184 valence electrons. The minimum absolute atomic E-state index is 0.0256. The molecule has 7 nitrogen and oxygen atoms in total. The van der Waals surface area contributed by atoms with Crippen LogP contribution in [0.2, 0.25) is 0 Å². The van der Waals surface area contributed by atoms with E-state index in [4.69, 9.17) is 14.7 Å². The third kappa shape index (κ3) is 5.22. The van der Waals surface area contributed by atoms with Crippen LogP contribution < -0.4 is 10.2 Å². The fraction of sp³-hybridized carbons (Fsp3) is 0.269. The Kier molecular flexibility index (Phi) is 7.49. The summed E-state index contributed by atoms with van der Waals surface area (Å²) in [4.78, 5) is 12.3. The van der Waals surface area contributed by atoms with E-state index < -0.39 is 20.5 Å². The van der Waals surface area contributed by atoms with Crippen molar-refractivity contribution in [3.05, 3.63) is 84.2 Å². The zero-order valence-electron chi connectivity index (χ0n) is 18.9. The van der Waals surface area contributed by atoms with Crippen LogP contribution in [-0.2, 0) is 25.8 Å². The first-order valence-electron chi connectivity index (χ1n) is 11.2. The van der Waals surface area contributed by atoms with Crippen molar-refractivity contribution in [2.75, 3.05) is 19.8 Å². The van der Waals surface area contributed by atoms with E-state index in [-0.39, 0.29) is 36.8 Å². The molecule has 0 bridgehead atoms. The zero-order valence-corrected chi connectivity index (χ0v) is 19.8. The Morgan fingerprint density at radius 2 is 1.69 bits per heavy atom. The lowest BCUT2D eigenvalue weighted by Gasteiger charge is -2.34. The highest BCUT2D eigenvalue weighted by Crippen LogP contribution is 2.35. The maximum Gasteiger partial charge on any atom is 0.265 e. The van der Waals surface area contributed by atoms with E-state index in [1.165, 1.54) is 29.7 Å². The number of rotatable bonds is 8. The number of hydroxylamine groups is 1. The maximum absolute atomic E-state index is 13.3. The summed E-state index contributed by atoms with van der Waals surface area (Å²) < 4.78 is 49.0.